The summed E-state index contributed by atoms with van der Waals surface area (Å²) in [5, 5.41) is 0. The normalized spacial score (nSPS) is 19.6. The van der Waals surface area contributed by atoms with Crippen LogP contribution in [0.2, 0.25) is 0 Å². The van der Waals surface area contributed by atoms with Gasteiger partial charge in [0.25, 0.3) is 0 Å². The minimum atomic E-state index is -0.0962. The number of benzene rings is 2. The van der Waals surface area contributed by atoms with Gasteiger partial charge in [0, 0.05) is 22.5 Å². The molecule has 0 atom stereocenters. The molecule has 104 valence electrons. The van der Waals surface area contributed by atoms with Crippen LogP contribution in [-0.4, -0.2) is 27.5 Å². The van der Waals surface area contributed by atoms with Gasteiger partial charge in [-0.05, 0) is 24.3 Å². The Morgan fingerprint density at radius 2 is 1.00 bits per heavy atom. The molecule has 2 aliphatic rings. The second-order valence-electron chi connectivity index (χ2n) is 5.51. The third kappa shape index (κ3) is 1.49. The summed E-state index contributed by atoms with van der Waals surface area (Å²) in [6, 6.07) is 14.9. The molecule has 2 aromatic rings. The minimum Gasteiger partial charge on any atom is -0.388 e. The van der Waals surface area contributed by atoms with Gasteiger partial charge in [-0.15, -0.1) is 0 Å². The largest absolute Gasteiger partial charge is 0.388 e. The molecule has 0 spiro atoms. The molecule has 0 saturated heterocycles. The molecule has 4 rings (SSSR count). The van der Waals surface area contributed by atoms with Gasteiger partial charge in [-0.3, -0.25) is 9.59 Å². The van der Waals surface area contributed by atoms with E-state index in [1.54, 1.807) is 12.1 Å². The standard InChI is InChI=1S/C16H12B2N2O2/c17-19-11-7-3-1-5-9(11)15(21)13(19)14-16(22)10-6-2-4-8-12(10)20(14)18/h1-8H,17-18H2/b14-13+. The van der Waals surface area contributed by atoms with Crippen LogP contribution >= 0.6 is 0 Å². The van der Waals surface area contributed by atoms with Crippen LogP contribution in [0.15, 0.2) is 59.9 Å². The van der Waals surface area contributed by atoms with Crippen LogP contribution in [0.5, 0.6) is 0 Å². The Balaban J connectivity index is 1.95. The lowest BCUT2D eigenvalue weighted by atomic mass is 10.1. The van der Waals surface area contributed by atoms with Gasteiger partial charge in [0.1, 0.15) is 11.4 Å². The lowest BCUT2D eigenvalue weighted by Gasteiger charge is -2.21. The number of para-hydroxylation sites is 2. The summed E-state index contributed by atoms with van der Waals surface area (Å²) in [6.45, 7) is 0. The summed E-state index contributed by atoms with van der Waals surface area (Å²) in [4.78, 5) is 29.1. The highest BCUT2D eigenvalue weighted by Gasteiger charge is 2.39. The molecule has 0 aromatic heterocycles. The fraction of sp³-hybridized carbons (Fsp3) is 0. The fourth-order valence-corrected chi connectivity index (χ4v) is 3.25. The summed E-state index contributed by atoms with van der Waals surface area (Å²) in [7, 11) is 3.66. The van der Waals surface area contributed by atoms with Crippen molar-refractivity contribution in [2.24, 2.45) is 0 Å². The van der Waals surface area contributed by atoms with Crippen molar-refractivity contribution in [3.63, 3.8) is 0 Å². The molecule has 0 N–H and O–H groups in total. The molecule has 2 heterocycles. The maximum atomic E-state index is 12.8. The number of carbonyl (C=O) groups is 2. The summed E-state index contributed by atoms with van der Waals surface area (Å²) in [5.74, 6) is -0.192. The first kappa shape index (κ1) is 13.0. The zero-order chi connectivity index (χ0) is 15.4. The van der Waals surface area contributed by atoms with Crippen molar-refractivity contribution in [1.82, 2.24) is 0 Å². The Hall–Kier alpha value is -2.75. The number of rotatable bonds is 0. The van der Waals surface area contributed by atoms with Crippen LogP contribution in [0, 0.1) is 0 Å². The van der Waals surface area contributed by atoms with Crippen molar-refractivity contribution >= 4 is 38.9 Å². The average Bonchev–Trinajstić information content (AvgIpc) is 2.94. The Labute approximate surface area is 129 Å². The molecular weight excluding hydrogens is 274 g/mol. The Morgan fingerprint density at radius 1 is 0.636 bits per heavy atom. The van der Waals surface area contributed by atoms with Crippen LogP contribution < -0.4 is 9.62 Å². The molecule has 0 unspecified atom stereocenters. The summed E-state index contributed by atoms with van der Waals surface area (Å²) < 4.78 is 0. The maximum Gasteiger partial charge on any atom is 0.224 e. The highest BCUT2D eigenvalue weighted by atomic mass is 16.1. The molecule has 0 amide bonds. The van der Waals surface area contributed by atoms with Crippen LogP contribution in [0.3, 0.4) is 0 Å². The molecule has 0 aliphatic carbocycles. The summed E-state index contributed by atoms with van der Waals surface area (Å²) >= 11 is 0. The summed E-state index contributed by atoms with van der Waals surface area (Å²) in [6.07, 6.45) is 0. The van der Waals surface area contributed by atoms with Crippen LogP contribution in [0.25, 0.3) is 0 Å². The second kappa shape index (κ2) is 4.37. The highest BCUT2D eigenvalue weighted by Crippen LogP contribution is 2.40. The molecule has 4 nitrogen and oxygen atoms in total. The van der Waals surface area contributed by atoms with Gasteiger partial charge in [0.15, 0.2) is 0 Å². The van der Waals surface area contributed by atoms with E-state index >= 15 is 0 Å². The Morgan fingerprint density at radius 3 is 1.36 bits per heavy atom. The van der Waals surface area contributed by atoms with Crippen molar-refractivity contribution in [2.75, 3.05) is 9.62 Å². The maximum absolute atomic E-state index is 12.8. The van der Waals surface area contributed by atoms with E-state index in [2.05, 4.69) is 0 Å². The lowest BCUT2D eigenvalue weighted by molar-refractivity contribution is 0.101. The van der Waals surface area contributed by atoms with Crippen molar-refractivity contribution in [3.05, 3.63) is 71.1 Å². The van der Waals surface area contributed by atoms with Crippen LogP contribution in [-0.2, 0) is 0 Å². The number of anilines is 2. The van der Waals surface area contributed by atoms with E-state index < -0.39 is 0 Å². The number of hydrogen-bond donors (Lipinski definition) is 0. The molecule has 0 fully saturated rings. The molecule has 2 aromatic carbocycles. The van der Waals surface area contributed by atoms with Gasteiger partial charge in [-0.25, -0.2) is 0 Å². The third-order valence-corrected chi connectivity index (χ3v) is 4.35. The molecule has 6 heteroatoms. The van der Waals surface area contributed by atoms with Crippen LogP contribution in [0.4, 0.5) is 11.4 Å². The molecule has 22 heavy (non-hydrogen) atoms. The van der Waals surface area contributed by atoms with E-state index in [0.29, 0.717) is 22.5 Å². The van der Waals surface area contributed by atoms with Gasteiger partial charge >= 0.3 is 0 Å². The fourth-order valence-electron chi connectivity index (χ4n) is 3.25. The minimum absolute atomic E-state index is 0.0962. The van der Waals surface area contributed by atoms with E-state index in [1.807, 2.05) is 62.0 Å². The monoisotopic (exact) mass is 286 g/mol. The van der Waals surface area contributed by atoms with Crippen LogP contribution in [0.1, 0.15) is 20.7 Å². The van der Waals surface area contributed by atoms with Gasteiger partial charge < -0.3 is 9.62 Å². The van der Waals surface area contributed by atoms with Gasteiger partial charge in [-0.1, -0.05) is 24.3 Å². The van der Waals surface area contributed by atoms with E-state index in [1.165, 1.54) is 0 Å². The predicted molar refractivity (Wildman–Crippen MR) is 90.6 cm³/mol. The van der Waals surface area contributed by atoms with E-state index in [4.69, 9.17) is 0 Å². The average molecular weight is 286 g/mol. The zero-order valence-electron chi connectivity index (χ0n) is 12.3. The van der Waals surface area contributed by atoms with Gasteiger partial charge in [0.2, 0.25) is 27.5 Å². The smallest absolute Gasteiger partial charge is 0.224 e. The van der Waals surface area contributed by atoms with Crippen molar-refractivity contribution in [1.29, 1.82) is 0 Å². The quantitative estimate of drug-likeness (QED) is 0.528. The van der Waals surface area contributed by atoms with Gasteiger partial charge in [0.05, 0.1) is 0 Å². The van der Waals surface area contributed by atoms with Crippen molar-refractivity contribution < 1.29 is 9.59 Å². The first-order valence-corrected chi connectivity index (χ1v) is 7.10. The number of ketones is 2. The first-order chi connectivity index (χ1) is 10.6. The highest BCUT2D eigenvalue weighted by molar-refractivity contribution is 6.40. The predicted octanol–water partition coefficient (Wildman–Crippen LogP) is 0.700. The van der Waals surface area contributed by atoms with E-state index in [-0.39, 0.29) is 11.6 Å². The number of fused-ring (bicyclic) bond motifs is 2. The van der Waals surface area contributed by atoms with E-state index in [0.717, 1.165) is 11.4 Å². The lowest BCUT2D eigenvalue weighted by Crippen LogP contribution is -2.27. The Bertz CT molecular complexity index is 804. The zero-order valence-corrected chi connectivity index (χ0v) is 12.3. The van der Waals surface area contributed by atoms with Crippen molar-refractivity contribution in [2.45, 2.75) is 0 Å². The molecule has 0 saturated carbocycles. The number of hydrogen-bond acceptors (Lipinski definition) is 4. The third-order valence-electron chi connectivity index (χ3n) is 4.35. The van der Waals surface area contributed by atoms with Crippen molar-refractivity contribution in [3.8, 4) is 0 Å². The summed E-state index contributed by atoms with van der Waals surface area (Å²) in [5.41, 5.74) is 3.86. The first-order valence-electron chi connectivity index (χ1n) is 7.10. The molecule has 2 aliphatic heterocycles. The number of Topliss-reactive ketones (excluding diaryl/α,β-unsaturated/α-hetero) is 2. The molecule has 0 bridgehead atoms. The Kier molecular flexibility index (Phi) is 2.57. The SMILES string of the molecule is BN1/C(=C2\C(=O)c3ccccc3N2B)C(=O)c2ccccc21. The van der Waals surface area contributed by atoms with E-state index in [9.17, 15) is 9.59 Å². The number of carbonyl (C=O) groups excluding carboxylic acids is 2. The molecular formula is C16H12B2N2O2. The van der Waals surface area contributed by atoms with Gasteiger partial charge in [-0.2, -0.15) is 0 Å². The number of nitrogens with zero attached hydrogens (tertiary/aromatic N) is 2. The molecule has 0 radical (unpaired) electrons. The number of allylic oxidation sites excluding steroid dienone is 2. The topological polar surface area (TPSA) is 40.6 Å². The second-order valence-corrected chi connectivity index (χ2v) is 5.51.